The first-order valence-corrected chi connectivity index (χ1v) is 13.8. The van der Waals surface area contributed by atoms with Crippen LogP contribution in [0.25, 0.3) is 0 Å². The fourth-order valence-electron chi connectivity index (χ4n) is 3.41. The molecular weight excluding hydrogens is 504 g/mol. The van der Waals surface area contributed by atoms with E-state index in [0.29, 0.717) is 23.5 Å². The highest BCUT2D eigenvalue weighted by Gasteiger charge is 2.15. The largest absolute Gasteiger partial charge is 0.368 e. The number of primary sulfonamides is 1. The topological polar surface area (TPSA) is 172 Å². The zero-order chi connectivity index (χ0) is 25.8. The van der Waals surface area contributed by atoms with Gasteiger partial charge in [-0.05, 0) is 54.1 Å². The van der Waals surface area contributed by atoms with E-state index in [1.165, 1.54) is 48.5 Å². The Hall–Kier alpha value is -3.78. The van der Waals surface area contributed by atoms with Crippen molar-refractivity contribution in [3.05, 3.63) is 83.9 Å². The van der Waals surface area contributed by atoms with Crippen LogP contribution in [-0.4, -0.2) is 41.8 Å². The average Bonchev–Trinajstić information content (AvgIpc) is 3.38. The maximum absolute atomic E-state index is 12.6. The van der Waals surface area contributed by atoms with Gasteiger partial charge < -0.3 is 16.0 Å². The molecular formula is C23H24N6O5S2. The number of hydrogen-bond donors (Lipinski definition) is 5. The van der Waals surface area contributed by atoms with Crippen molar-refractivity contribution in [2.45, 2.75) is 16.3 Å². The molecule has 0 unspecified atom stereocenters. The molecule has 1 aliphatic heterocycles. The first-order valence-electron chi connectivity index (χ1n) is 10.8. The summed E-state index contributed by atoms with van der Waals surface area (Å²) in [5.41, 5.74) is 2.42. The van der Waals surface area contributed by atoms with Gasteiger partial charge in [0.1, 0.15) is 5.84 Å². The summed E-state index contributed by atoms with van der Waals surface area (Å²) in [7, 11) is -7.66. The summed E-state index contributed by atoms with van der Waals surface area (Å²) in [4.78, 5) is 16.7. The van der Waals surface area contributed by atoms with Crippen molar-refractivity contribution in [1.29, 1.82) is 0 Å². The molecule has 0 aliphatic carbocycles. The molecule has 0 spiro atoms. The molecule has 0 saturated heterocycles. The van der Waals surface area contributed by atoms with Crippen molar-refractivity contribution in [2.24, 2.45) is 10.1 Å². The molecule has 0 radical (unpaired) electrons. The third kappa shape index (κ3) is 6.46. The molecule has 11 nitrogen and oxygen atoms in total. The molecule has 36 heavy (non-hydrogen) atoms. The van der Waals surface area contributed by atoms with Crippen LogP contribution in [0.4, 0.5) is 16.2 Å². The van der Waals surface area contributed by atoms with E-state index in [9.17, 15) is 21.6 Å². The number of benzene rings is 3. The van der Waals surface area contributed by atoms with Crippen molar-refractivity contribution in [3.8, 4) is 0 Å². The lowest BCUT2D eigenvalue weighted by atomic mass is 10.2. The normalized spacial score (nSPS) is 13.5. The van der Waals surface area contributed by atoms with Crippen molar-refractivity contribution in [3.63, 3.8) is 0 Å². The number of carbonyl (C=O) groups is 1. The zero-order valence-electron chi connectivity index (χ0n) is 18.9. The van der Waals surface area contributed by atoms with Gasteiger partial charge in [0.15, 0.2) is 0 Å². The Bertz CT molecular complexity index is 1500. The summed E-state index contributed by atoms with van der Waals surface area (Å²) >= 11 is 0. The number of nitrogens with one attached hydrogen (secondary N) is 4. The second-order valence-electron chi connectivity index (χ2n) is 7.85. The third-order valence-corrected chi connectivity index (χ3v) is 7.56. The molecule has 1 aliphatic rings. The van der Waals surface area contributed by atoms with Gasteiger partial charge in [0.25, 0.3) is 0 Å². The number of nitrogens with zero attached hydrogens (tertiary/aromatic N) is 1. The Morgan fingerprint density at radius 2 is 1.56 bits per heavy atom. The van der Waals surface area contributed by atoms with Gasteiger partial charge in [0, 0.05) is 30.0 Å². The first-order chi connectivity index (χ1) is 17.1. The SMILES string of the molecule is NS(=O)(=O)c1ccc(CNS(=O)(=O)c2ccc(NC(=O)Nc3cccc(C4=NCCN4)c3)cc2)cc1. The van der Waals surface area contributed by atoms with E-state index in [1.807, 2.05) is 12.1 Å². The fourth-order valence-corrected chi connectivity index (χ4v) is 4.94. The highest BCUT2D eigenvalue weighted by atomic mass is 32.2. The number of rotatable bonds is 8. The molecule has 6 N–H and O–H groups in total. The highest BCUT2D eigenvalue weighted by Crippen LogP contribution is 2.17. The number of urea groups is 1. The minimum Gasteiger partial charge on any atom is -0.368 e. The van der Waals surface area contributed by atoms with E-state index in [2.05, 4.69) is 25.7 Å². The molecule has 1 heterocycles. The van der Waals surface area contributed by atoms with Crippen LogP contribution >= 0.6 is 0 Å². The minimum absolute atomic E-state index is 0.00662. The molecule has 188 valence electrons. The number of anilines is 2. The van der Waals surface area contributed by atoms with Crippen LogP contribution < -0.4 is 25.8 Å². The lowest BCUT2D eigenvalue weighted by Gasteiger charge is -2.11. The Balaban J connectivity index is 1.34. The molecule has 3 aromatic rings. The van der Waals surface area contributed by atoms with Gasteiger partial charge in [-0.1, -0.05) is 24.3 Å². The van der Waals surface area contributed by atoms with Crippen molar-refractivity contribution >= 4 is 43.3 Å². The quantitative estimate of drug-likeness (QED) is 0.298. The number of carbonyl (C=O) groups excluding carboxylic acids is 1. The molecule has 13 heteroatoms. The van der Waals surface area contributed by atoms with Crippen LogP contribution in [0.5, 0.6) is 0 Å². The number of amidine groups is 1. The summed E-state index contributed by atoms with van der Waals surface area (Å²) in [6.07, 6.45) is 0. The smallest absolute Gasteiger partial charge is 0.323 e. The lowest BCUT2D eigenvalue weighted by Crippen LogP contribution is -2.23. The van der Waals surface area contributed by atoms with Gasteiger partial charge in [0.05, 0.1) is 16.3 Å². The highest BCUT2D eigenvalue weighted by molar-refractivity contribution is 7.89. The molecule has 0 aromatic heterocycles. The van der Waals surface area contributed by atoms with Crippen molar-refractivity contribution in [2.75, 3.05) is 23.7 Å². The Morgan fingerprint density at radius 1 is 0.889 bits per heavy atom. The van der Waals surface area contributed by atoms with Gasteiger partial charge in [0.2, 0.25) is 20.0 Å². The number of sulfonamides is 2. The molecule has 0 fully saturated rings. The van der Waals surface area contributed by atoms with Crippen LogP contribution in [0, 0.1) is 0 Å². The van der Waals surface area contributed by atoms with Gasteiger partial charge in [-0.2, -0.15) is 0 Å². The van der Waals surface area contributed by atoms with Crippen LogP contribution in [0.3, 0.4) is 0 Å². The standard InChI is InChI=1S/C23H24N6O5S2/c24-35(31,32)20-8-4-16(5-9-20)15-27-36(33,34)21-10-6-18(7-11-21)28-23(30)29-19-3-1-2-17(14-19)22-25-12-13-26-22/h1-11,14,27H,12-13,15H2,(H,25,26)(H2,24,31,32)(H2,28,29,30). The summed E-state index contributed by atoms with van der Waals surface area (Å²) in [6.45, 7) is 1.45. The van der Waals surface area contributed by atoms with Gasteiger partial charge in [-0.15, -0.1) is 0 Å². The third-order valence-electron chi connectivity index (χ3n) is 5.21. The van der Waals surface area contributed by atoms with E-state index >= 15 is 0 Å². The molecule has 2 amide bonds. The predicted octanol–water partition coefficient (Wildman–Crippen LogP) is 1.81. The summed E-state index contributed by atoms with van der Waals surface area (Å²) < 4.78 is 50.3. The van der Waals surface area contributed by atoms with E-state index in [4.69, 9.17) is 5.14 Å². The van der Waals surface area contributed by atoms with Crippen LogP contribution in [0.15, 0.2) is 87.6 Å². The Kier molecular flexibility index (Phi) is 7.35. The van der Waals surface area contributed by atoms with Crippen molar-refractivity contribution in [1.82, 2.24) is 10.0 Å². The minimum atomic E-state index is -3.84. The van der Waals surface area contributed by atoms with E-state index in [0.717, 1.165) is 17.9 Å². The van der Waals surface area contributed by atoms with Crippen LogP contribution in [0.1, 0.15) is 11.1 Å². The first kappa shape index (κ1) is 25.3. The summed E-state index contributed by atoms with van der Waals surface area (Å²) in [6, 6.07) is 18.0. The van der Waals surface area contributed by atoms with Gasteiger partial charge in [-0.3, -0.25) is 4.99 Å². The Labute approximate surface area is 208 Å². The van der Waals surface area contributed by atoms with Crippen LogP contribution in [-0.2, 0) is 26.6 Å². The molecule has 0 bridgehead atoms. The molecule has 3 aromatic carbocycles. The number of hydrogen-bond acceptors (Lipinski definition) is 7. The summed E-state index contributed by atoms with van der Waals surface area (Å²) in [5, 5.41) is 13.6. The maximum atomic E-state index is 12.6. The van der Waals surface area contributed by atoms with Gasteiger partial charge in [-0.25, -0.2) is 31.5 Å². The molecule has 4 rings (SSSR count). The second kappa shape index (κ2) is 10.5. The Morgan fingerprint density at radius 3 is 2.19 bits per heavy atom. The number of nitrogens with two attached hydrogens (primary N) is 1. The number of amides is 2. The summed E-state index contributed by atoms with van der Waals surface area (Å²) in [5.74, 6) is 0.782. The van der Waals surface area contributed by atoms with E-state index in [-0.39, 0.29) is 16.3 Å². The molecule has 0 atom stereocenters. The molecule has 0 saturated carbocycles. The lowest BCUT2D eigenvalue weighted by molar-refractivity contribution is 0.262. The van der Waals surface area contributed by atoms with Crippen molar-refractivity contribution < 1.29 is 21.6 Å². The zero-order valence-corrected chi connectivity index (χ0v) is 20.6. The second-order valence-corrected chi connectivity index (χ2v) is 11.2. The number of aliphatic imine (C=N–C) groups is 1. The fraction of sp³-hybridized carbons (Fsp3) is 0.130. The monoisotopic (exact) mass is 528 g/mol. The predicted molar refractivity (Wildman–Crippen MR) is 137 cm³/mol. The van der Waals surface area contributed by atoms with E-state index in [1.54, 1.807) is 12.1 Å². The van der Waals surface area contributed by atoms with Crippen LogP contribution in [0.2, 0.25) is 0 Å². The maximum Gasteiger partial charge on any atom is 0.323 e. The van der Waals surface area contributed by atoms with E-state index < -0.39 is 26.1 Å². The average molecular weight is 529 g/mol. The van der Waals surface area contributed by atoms with Gasteiger partial charge >= 0.3 is 6.03 Å².